The maximum Gasteiger partial charge on any atom is 0.253 e. The van der Waals surface area contributed by atoms with Crippen molar-refractivity contribution in [2.45, 2.75) is 45.6 Å². The summed E-state index contributed by atoms with van der Waals surface area (Å²) in [5.74, 6) is 0.762. The van der Waals surface area contributed by atoms with Crippen molar-refractivity contribution < 1.29 is 4.79 Å². The van der Waals surface area contributed by atoms with Crippen LogP contribution in [0.3, 0.4) is 0 Å². The fourth-order valence-electron chi connectivity index (χ4n) is 2.53. The number of rotatable bonds is 2. The molecule has 0 bridgehead atoms. The van der Waals surface area contributed by atoms with Gasteiger partial charge in [-0.1, -0.05) is 18.6 Å². The molecule has 0 aromatic heterocycles. The number of carbonyl (C=O) groups is 1. The number of hydrogen-bond acceptors (Lipinski definition) is 2. The molecule has 0 aliphatic heterocycles. The molecule has 98 valence electrons. The van der Waals surface area contributed by atoms with Gasteiger partial charge in [-0.2, -0.15) is 0 Å². The normalized spacial score (nSPS) is 23.7. The van der Waals surface area contributed by atoms with E-state index in [4.69, 9.17) is 5.73 Å². The molecule has 1 aliphatic carbocycles. The summed E-state index contributed by atoms with van der Waals surface area (Å²) in [5.41, 5.74) is 8.08. The van der Waals surface area contributed by atoms with Gasteiger partial charge in [-0.05, 0) is 50.7 Å². The predicted molar refractivity (Wildman–Crippen MR) is 74.5 cm³/mol. The van der Waals surface area contributed by atoms with Gasteiger partial charge in [-0.3, -0.25) is 4.79 Å². The van der Waals surface area contributed by atoms with Crippen LogP contribution < -0.4 is 11.1 Å². The summed E-state index contributed by atoms with van der Waals surface area (Å²) in [5, 5.41) is 3.10. The van der Waals surface area contributed by atoms with E-state index in [1.165, 1.54) is 12.8 Å². The minimum atomic E-state index is -0.0317. The highest BCUT2D eigenvalue weighted by atomic mass is 16.1. The zero-order valence-corrected chi connectivity index (χ0v) is 11.2. The fourth-order valence-corrected chi connectivity index (χ4v) is 2.53. The van der Waals surface area contributed by atoms with E-state index in [9.17, 15) is 4.79 Å². The number of anilines is 1. The number of nitrogens with two attached hydrogens (primary N) is 1. The quantitative estimate of drug-likeness (QED) is 0.788. The largest absolute Gasteiger partial charge is 0.398 e. The van der Waals surface area contributed by atoms with Crippen molar-refractivity contribution in [2.24, 2.45) is 5.92 Å². The molecule has 18 heavy (non-hydrogen) atoms. The van der Waals surface area contributed by atoms with E-state index in [0.717, 1.165) is 24.3 Å². The van der Waals surface area contributed by atoms with Gasteiger partial charge in [-0.15, -0.1) is 0 Å². The summed E-state index contributed by atoms with van der Waals surface area (Å²) in [6.45, 7) is 4.25. The maximum absolute atomic E-state index is 12.2. The molecule has 1 aromatic rings. The predicted octanol–water partition coefficient (Wildman–Crippen LogP) is 2.89. The van der Waals surface area contributed by atoms with E-state index in [1.807, 2.05) is 19.1 Å². The Labute approximate surface area is 109 Å². The van der Waals surface area contributed by atoms with E-state index < -0.39 is 0 Å². The Kier molecular flexibility index (Phi) is 3.90. The van der Waals surface area contributed by atoms with Gasteiger partial charge >= 0.3 is 0 Å². The van der Waals surface area contributed by atoms with Crippen LogP contribution in [0.2, 0.25) is 0 Å². The molecule has 0 unspecified atom stereocenters. The molecule has 0 atom stereocenters. The van der Waals surface area contributed by atoms with Crippen LogP contribution in [0, 0.1) is 12.8 Å². The van der Waals surface area contributed by atoms with Crippen LogP contribution in [0.5, 0.6) is 0 Å². The summed E-state index contributed by atoms with van der Waals surface area (Å²) in [6, 6.07) is 5.89. The lowest BCUT2D eigenvalue weighted by atomic mass is 9.87. The summed E-state index contributed by atoms with van der Waals surface area (Å²) in [4.78, 5) is 12.2. The van der Waals surface area contributed by atoms with Gasteiger partial charge in [0, 0.05) is 11.7 Å². The van der Waals surface area contributed by atoms with E-state index in [-0.39, 0.29) is 5.91 Å². The monoisotopic (exact) mass is 246 g/mol. The molecule has 2 rings (SSSR count). The van der Waals surface area contributed by atoms with Gasteiger partial charge in [0.1, 0.15) is 0 Å². The molecular formula is C15H22N2O. The Morgan fingerprint density at radius 3 is 2.61 bits per heavy atom. The average Bonchev–Trinajstić information content (AvgIpc) is 2.35. The maximum atomic E-state index is 12.2. The van der Waals surface area contributed by atoms with Crippen molar-refractivity contribution in [3.05, 3.63) is 29.3 Å². The van der Waals surface area contributed by atoms with Crippen molar-refractivity contribution in [1.29, 1.82) is 0 Å². The molecule has 1 aliphatic rings. The zero-order chi connectivity index (χ0) is 13.1. The number of amides is 1. The highest BCUT2D eigenvalue weighted by Crippen LogP contribution is 2.24. The average molecular weight is 246 g/mol. The third-order valence-corrected chi connectivity index (χ3v) is 3.80. The van der Waals surface area contributed by atoms with Crippen LogP contribution in [0.1, 0.15) is 48.5 Å². The lowest BCUT2D eigenvalue weighted by Gasteiger charge is -2.27. The van der Waals surface area contributed by atoms with E-state index in [2.05, 4.69) is 12.2 Å². The van der Waals surface area contributed by atoms with Gasteiger partial charge in [0.15, 0.2) is 0 Å². The van der Waals surface area contributed by atoms with Crippen molar-refractivity contribution >= 4 is 11.6 Å². The third kappa shape index (κ3) is 3.03. The Balaban J connectivity index is 2.01. The van der Waals surface area contributed by atoms with Gasteiger partial charge in [0.2, 0.25) is 0 Å². The lowest BCUT2D eigenvalue weighted by Crippen LogP contribution is -2.37. The minimum Gasteiger partial charge on any atom is -0.398 e. The molecule has 0 saturated heterocycles. The summed E-state index contributed by atoms with van der Waals surface area (Å²) < 4.78 is 0. The molecular weight excluding hydrogens is 224 g/mol. The number of nitrogens with one attached hydrogen (secondary N) is 1. The van der Waals surface area contributed by atoms with Crippen molar-refractivity contribution in [3.8, 4) is 0 Å². The first-order valence-electron chi connectivity index (χ1n) is 6.73. The molecule has 3 heteroatoms. The van der Waals surface area contributed by atoms with Crippen LogP contribution in [0.4, 0.5) is 5.69 Å². The second-order valence-corrected chi connectivity index (χ2v) is 5.52. The smallest absolute Gasteiger partial charge is 0.253 e. The topological polar surface area (TPSA) is 55.1 Å². The number of carbonyl (C=O) groups excluding carboxylic acids is 1. The van der Waals surface area contributed by atoms with Crippen molar-refractivity contribution in [1.82, 2.24) is 5.32 Å². The van der Waals surface area contributed by atoms with E-state index in [0.29, 0.717) is 17.3 Å². The molecule has 1 aromatic carbocycles. The zero-order valence-electron chi connectivity index (χ0n) is 11.2. The van der Waals surface area contributed by atoms with Gasteiger partial charge in [0.25, 0.3) is 5.91 Å². The Morgan fingerprint density at radius 2 is 1.94 bits per heavy atom. The first-order valence-corrected chi connectivity index (χ1v) is 6.73. The fraction of sp³-hybridized carbons (Fsp3) is 0.533. The van der Waals surface area contributed by atoms with Crippen LogP contribution in [-0.4, -0.2) is 11.9 Å². The molecule has 0 radical (unpaired) electrons. The molecule has 1 saturated carbocycles. The van der Waals surface area contributed by atoms with E-state index in [1.54, 1.807) is 6.07 Å². The number of hydrogen-bond donors (Lipinski definition) is 2. The first-order chi connectivity index (χ1) is 8.56. The van der Waals surface area contributed by atoms with E-state index >= 15 is 0 Å². The molecule has 1 amide bonds. The Bertz CT molecular complexity index is 434. The standard InChI is InChI=1S/C15H22N2O/c1-10-3-6-12(7-4-10)17-15(18)13-9-11(2)5-8-14(13)16/h5,8-10,12H,3-4,6-7,16H2,1-2H3,(H,17,18). The van der Waals surface area contributed by atoms with Crippen LogP contribution in [0.15, 0.2) is 18.2 Å². The number of nitrogen functional groups attached to an aromatic ring is 1. The molecule has 0 heterocycles. The third-order valence-electron chi connectivity index (χ3n) is 3.80. The highest BCUT2D eigenvalue weighted by Gasteiger charge is 2.21. The molecule has 3 N–H and O–H groups in total. The van der Waals surface area contributed by atoms with Gasteiger partial charge < -0.3 is 11.1 Å². The highest BCUT2D eigenvalue weighted by molar-refractivity contribution is 5.99. The molecule has 1 fully saturated rings. The second kappa shape index (κ2) is 5.42. The number of aryl methyl sites for hydroxylation is 1. The minimum absolute atomic E-state index is 0.0317. The molecule has 3 nitrogen and oxygen atoms in total. The van der Waals surface area contributed by atoms with Crippen LogP contribution >= 0.6 is 0 Å². The summed E-state index contributed by atoms with van der Waals surface area (Å²) in [6.07, 6.45) is 4.57. The Morgan fingerprint density at radius 1 is 1.28 bits per heavy atom. The van der Waals surface area contributed by atoms with Crippen LogP contribution in [-0.2, 0) is 0 Å². The summed E-state index contributed by atoms with van der Waals surface area (Å²) >= 11 is 0. The lowest BCUT2D eigenvalue weighted by molar-refractivity contribution is 0.0924. The summed E-state index contributed by atoms with van der Waals surface area (Å²) in [7, 11) is 0. The Hall–Kier alpha value is -1.51. The number of benzene rings is 1. The SMILES string of the molecule is Cc1ccc(N)c(C(=O)NC2CCC(C)CC2)c1. The van der Waals surface area contributed by atoms with Gasteiger partial charge in [0.05, 0.1) is 5.56 Å². The van der Waals surface area contributed by atoms with Crippen molar-refractivity contribution in [2.75, 3.05) is 5.73 Å². The van der Waals surface area contributed by atoms with Crippen LogP contribution in [0.25, 0.3) is 0 Å². The van der Waals surface area contributed by atoms with Gasteiger partial charge in [-0.25, -0.2) is 0 Å². The molecule has 0 spiro atoms. The van der Waals surface area contributed by atoms with Crippen molar-refractivity contribution in [3.63, 3.8) is 0 Å². The second-order valence-electron chi connectivity index (χ2n) is 5.52. The first kappa shape index (κ1) is 12.9.